The fourth-order valence-electron chi connectivity index (χ4n) is 1.43. The Morgan fingerprint density at radius 1 is 1.41 bits per heavy atom. The van der Waals surface area contributed by atoms with Crippen molar-refractivity contribution in [3.63, 3.8) is 0 Å². The zero-order valence-electron chi connectivity index (χ0n) is 11.0. The van der Waals surface area contributed by atoms with Gasteiger partial charge in [0.25, 0.3) is 0 Å². The molecule has 0 saturated carbocycles. The number of ether oxygens (including phenoxy) is 1. The molecule has 0 spiro atoms. The summed E-state index contributed by atoms with van der Waals surface area (Å²) in [5, 5.41) is 19.3. The van der Waals surface area contributed by atoms with Crippen LogP contribution in [0.4, 0.5) is 0 Å². The number of rotatable bonds is 5. The molecule has 0 aromatic heterocycles. The second kappa shape index (κ2) is 5.52. The molecule has 3 heteroatoms. The van der Waals surface area contributed by atoms with E-state index in [0.29, 0.717) is 6.42 Å². The molecule has 1 unspecified atom stereocenters. The van der Waals surface area contributed by atoms with Gasteiger partial charge in [0.2, 0.25) is 0 Å². The molecular formula is C14H22O3. The molecular weight excluding hydrogens is 216 g/mol. The Morgan fingerprint density at radius 3 is 2.53 bits per heavy atom. The first-order valence-electron chi connectivity index (χ1n) is 5.99. The third kappa shape index (κ3) is 4.02. The normalized spacial score (nSPS) is 16.4. The molecule has 0 amide bonds. The van der Waals surface area contributed by atoms with Gasteiger partial charge in [0.1, 0.15) is 12.4 Å². The molecule has 1 rings (SSSR count). The maximum absolute atomic E-state index is 9.85. The van der Waals surface area contributed by atoms with Crippen LogP contribution in [0.3, 0.4) is 0 Å². The number of aliphatic hydroxyl groups is 2. The summed E-state index contributed by atoms with van der Waals surface area (Å²) in [5.41, 5.74) is 1.04. The molecule has 0 aliphatic rings. The van der Waals surface area contributed by atoms with Gasteiger partial charge in [-0.2, -0.15) is 0 Å². The fraction of sp³-hybridized carbons (Fsp3) is 0.571. The van der Waals surface area contributed by atoms with Crippen LogP contribution in [-0.4, -0.2) is 22.4 Å². The van der Waals surface area contributed by atoms with E-state index in [9.17, 15) is 10.2 Å². The zero-order chi connectivity index (χ0) is 13.1. The molecule has 2 N–H and O–H groups in total. The number of benzene rings is 1. The van der Waals surface area contributed by atoms with Gasteiger partial charge in [-0.1, -0.05) is 13.0 Å². The number of hydrogen-bond acceptors (Lipinski definition) is 3. The van der Waals surface area contributed by atoms with Crippen LogP contribution in [0, 0.1) is 6.92 Å². The lowest BCUT2D eigenvalue weighted by Crippen LogP contribution is -2.31. The molecule has 1 aromatic rings. The fourth-order valence-corrected chi connectivity index (χ4v) is 1.43. The largest absolute Gasteiger partial charge is 0.490 e. The smallest absolute Gasteiger partial charge is 0.122 e. The first kappa shape index (κ1) is 14.0. The zero-order valence-corrected chi connectivity index (χ0v) is 11.0. The number of aryl methyl sites for hydroxylation is 1. The highest BCUT2D eigenvalue weighted by atomic mass is 16.5. The van der Waals surface area contributed by atoms with Crippen LogP contribution in [0.5, 0.6) is 5.75 Å². The van der Waals surface area contributed by atoms with Crippen LogP contribution in [0.25, 0.3) is 0 Å². The van der Waals surface area contributed by atoms with E-state index in [0.717, 1.165) is 16.9 Å². The minimum atomic E-state index is -0.796. The van der Waals surface area contributed by atoms with Crippen molar-refractivity contribution in [1.82, 2.24) is 0 Å². The summed E-state index contributed by atoms with van der Waals surface area (Å²) in [5.74, 6) is 0.753. The van der Waals surface area contributed by atoms with E-state index in [1.807, 2.05) is 32.0 Å². The lowest BCUT2D eigenvalue weighted by atomic mass is 10.1. The Labute approximate surface area is 103 Å². The van der Waals surface area contributed by atoms with Crippen LogP contribution in [0.2, 0.25) is 0 Å². The second-order valence-corrected chi connectivity index (χ2v) is 4.84. The highest BCUT2D eigenvalue weighted by molar-refractivity contribution is 5.37. The highest BCUT2D eigenvalue weighted by Gasteiger charge is 2.18. The van der Waals surface area contributed by atoms with Gasteiger partial charge >= 0.3 is 0 Å². The summed E-state index contributed by atoms with van der Waals surface area (Å²) >= 11 is 0. The molecule has 1 aromatic carbocycles. The van der Waals surface area contributed by atoms with Gasteiger partial charge in [-0.05, 0) is 50.5 Å². The van der Waals surface area contributed by atoms with Crippen LogP contribution < -0.4 is 4.74 Å². The molecule has 0 saturated heterocycles. The molecule has 2 atom stereocenters. The molecule has 0 aliphatic carbocycles. The van der Waals surface area contributed by atoms with Gasteiger partial charge in [-0.3, -0.25) is 0 Å². The molecule has 0 aliphatic heterocycles. The van der Waals surface area contributed by atoms with Crippen molar-refractivity contribution >= 4 is 0 Å². The van der Waals surface area contributed by atoms with Crippen LogP contribution in [-0.2, 0) is 0 Å². The summed E-state index contributed by atoms with van der Waals surface area (Å²) in [6.45, 7) is 7.62. The van der Waals surface area contributed by atoms with Gasteiger partial charge in [0.05, 0.1) is 11.7 Å². The van der Waals surface area contributed by atoms with Crippen molar-refractivity contribution < 1.29 is 14.9 Å². The van der Waals surface area contributed by atoms with Crippen molar-refractivity contribution in [3.8, 4) is 5.75 Å². The highest BCUT2D eigenvalue weighted by Crippen LogP contribution is 2.23. The average Bonchev–Trinajstić information content (AvgIpc) is 2.27. The van der Waals surface area contributed by atoms with E-state index in [2.05, 4.69) is 0 Å². The molecule has 3 nitrogen and oxygen atoms in total. The minimum Gasteiger partial charge on any atom is -0.490 e. The summed E-state index contributed by atoms with van der Waals surface area (Å²) in [6.07, 6.45) is 0.180. The van der Waals surface area contributed by atoms with E-state index >= 15 is 0 Å². The van der Waals surface area contributed by atoms with E-state index in [-0.39, 0.29) is 6.61 Å². The van der Waals surface area contributed by atoms with Crippen molar-refractivity contribution in [2.45, 2.75) is 45.8 Å². The predicted molar refractivity (Wildman–Crippen MR) is 68.2 cm³/mol. The average molecular weight is 238 g/mol. The van der Waals surface area contributed by atoms with Crippen LogP contribution in [0.1, 0.15) is 44.4 Å². The van der Waals surface area contributed by atoms with Gasteiger partial charge in [-0.25, -0.2) is 0 Å². The quantitative estimate of drug-likeness (QED) is 0.829. The van der Waals surface area contributed by atoms with Gasteiger partial charge in [0, 0.05) is 0 Å². The monoisotopic (exact) mass is 238 g/mol. The predicted octanol–water partition coefficient (Wildman–Crippen LogP) is 2.59. The molecule has 0 bridgehead atoms. The SMILES string of the molecule is CCC(C)(O)COc1ccc([C@H](C)O)cc1C. The topological polar surface area (TPSA) is 49.7 Å². The molecule has 0 radical (unpaired) electrons. The third-order valence-corrected chi connectivity index (χ3v) is 2.98. The van der Waals surface area contributed by atoms with E-state index in [4.69, 9.17) is 4.74 Å². The standard InChI is InChI=1S/C14H22O3/c1-5-14(4,16)9-17-13-7-6-12(11(3)15)8-10(13)2/h6-8,11,15-16H,5,9H2,1-4H3/t11-,14?/m0/s1. The Kier molecular flexibility index (Phi) is 4.54. The molecule has 17 heavy (non-hydrogen) atoms. The Balaban J connectivity index is 2.73. The summed E-state index contributed by atoms with van der Waals surface area (Å²) in [6, 6.07) is 5.58. The lowest BCUT2D eigenvalue weighted by Gasteiger charge is -2.22. The van der Waals surface area contributed by atoms with E-state index in [1.165, 1.54) is 0 Å². The summed E-state index contributed by atoms with van der Waals surface area (Å²) in [4.78, 5) is 0. The Morgan fingerprint density at radius 2 is 2.06 bits per heavy atom. The van der Waals surface area contributed by atoms with Crippen molar-refractivity contribution in [1.29, 1.82) is 0 Å². The Bertz CT molecular complexity index is 370. The maximum atomic E-state index is 9.85. The maximum Gasteiger partial charge on any atom is 0.122 e. The third-order valence-electron chi connectivity index (χ3n) is 2.98. The summed E-state index contributed by atoms with van der Waals surface area (Å²) < 4.78 is 5.60. The van der Waals surface area contributed by atoms with E-state index < -0.39 is 11.7 Å². The molecule has 0 heterocycles. The van der Waals surface area contributed by atoms with E-state index in [1.54, 1.807) is 13.8 Å². The van der Waals surface area contributed by atoms with Gasteiger partial charge < -0.3 is 14.9 Å². The van der Waals surface area contributed by atoms with Crippen molar-refractivity contribution in [2.24, 2.45) is 0 Å². The lowest BCUT2D eigenvalue weighted by molar-refractivity contribution is 0.00825. The molecule has 0 fully saturated rings. The minimum absolute atomic E-state index is 0.276. The van der Waals surface area contributed by atoms with Crippen LogP contribution in [0.15, 0.2) is 18.2 Å². The number of hydrogen-bond donors (Lipinski definition) is 2. The first-order valence-corrected chi connectivity index (χ1v) is 5.99. The molecule has 96 valence electrons. The van der Waals surface area contributed by atoms with Crippen molar-refractivity contribution in [3.05, 3.63) is 29.3 Å². The van der Waals surface area contributed by atoms with Gasteiger partial charge in [-0.15, -0.1) is 0 Å². The van der Waals surface area contributed by atoms with Crippen LogP contribution >= 0.6 is 0 Å². The Hall–Kier alpha value is -1.06. The number of aliphatic hydroxyl groups excluding tert-OH is 1. The summed E-state index contributed by atoms with van der Waals surface area (Å²) in [7, 11) is 0. The second-order valence-electron chi connectivity index (χ2n) is 4.84. The van der Waals surface area contributed by atoms with Gasteiger partial charge in [0.15, 0.2) is 0 Å². The first-order chi connectivity index (χ1) is 7.85. The van der Waals surface area contributed by atoms with Crippen molar-refractivity contribution in [2.75, 3.05) is 6.61 Å².